The molecule has 0 bridgehead atoms. The van der Waals surface area contributed by atoms with E-state index in [1.54, 1.807) is 30.4 Å². The van der Waals surface area contributed by atoms with Crippen LogP contribution in [-0.2, 0) is 6.18 Å². The Bertz CT molecular complexity index is 1300. The Morgan fingerprint density at radius 3 is 2.08 bits per heavy atom. The molecule has 0 unspecified atom stereocenters. The monoisotopic (exact) mass is 539 g/mol. The lowest BCUT2D eigenvalue weighted by molar-refractivity contribution is -0.137. The second kappa shape index (κ2) is 11.3. The van der Waals surface area contributed by atoms with Crippen LogP contribution in [0.15, 0.2) is 66.7 Å². The molecule has 0 aliphatic rings. The second-order valence-corrected chi connectivity index (χ2v) is 8.53. The molecular formula is C24H18F5N3O4S. The van der Waals surface area contributed by atoms with Gasteiger partial charge in [-0.1, -0.05) is 18.2 Å². The minimum atomic E-state index is -4.66. The minimum absolute atomic E-state index is 0.187. The molecule has 194 valence electrons. The van der Waals surface area contributed by atoms with Gasteiger partial charge in [0.1, 0.15) is 22.9 Å². The summed E-state index contributed by atoms with van der Waals surface area (Å²) in [4.78, 5) is 37.9. The largest absolute Gasteiger partial charge is 0.426 e. The zero-order valence-electron chi connectivity index (χ0n) is 19.2. The molecule has 0 fully saturated rings. The Morgan fingerprint density at radius 2 is 1.51 bits per heavy atom. The number of aryl methyl sites for hydroxylation is 1. The van der Waals surface area contributed by atoms with Crippen molar-refractivity contribution in [1.29, 1.82) is 0 Å². The molecule has 0 heterocycles. The van der Waals surface area contributed by atoms with Crippen molar-refractivity contribution in [2.24, 2.45) is 0 Å². The Labute approximate surface area is 212 Å². The SMILES string of the molecule is Cc1cccc(OC(=O)N(C)SN(C(=O)NC(=O)c2c(F)cccc2F)c2ccc(C(F)(F)F)cc2)c1. The third kappa shape index (κ3) is 6.97. The van der Waals surface area contributed by atoms with Gasteiger partial charge < -0.3 is 4.74 Å². The van der Waals surface area contributed by atoms with Crippen LogP contribution in [0, 0.1) is 18.6 Å². The Balaban J connectivity index is 1.86. The standard InChI is InChI=1S/C24H18F5N3O4S/c1-14-5-3-6-17(13-14)36-23(35)31(2)37-32(16-11-9-15(10-12-16)24(27,28)29)22(34)30-21(33)20-18(25)7-4-8-19(20)26/h3-13H,1-2H3,(H,30,33,34). The maximum absolute atomic E-state index is 14.0. The van der Waals surface area contributed by atoms with E-state index in [-0.39, 0.29) is 11.4 Å². The molecule has 0 saturated heterocycles. The van der Waals surface area contributed by atoms with Crippen LogP contribution in [0.5, 0.6) is 5.75 Å². The number of ether oxygens (including phenoxy) is 1. The van der Waals surface area contributed by atoms with Gasteiger partial charge in [0.05, 0.1) is 23.4 Å². The number of hydrogen-bond donors (Lipinski definition) is 1. The summed E-state index contributed by atoms with van der Waals surface area (Å²) in [6.07, 6.45) is -5.63. The van der Waals surface area contributed by atoms with E-state index >= 15 is 0 Å². The van der Waals surface area contributed by atoms with Gasteiger partial charge in [-0.25, -0.2) is 27.0 Å². The molecule has 0 aliphatic heterocycles. The van der Waals surface area contributed by atoms with Crippen LogP contribution in [0.1, 0.15) is 21.5 Å². The average molecular weight is 539 g/mol. The van der Waals surface area contributed by atoms with E-state index in [1.807, 2.05) is 0 Å². The van der Waals surface area contributed by atoms with Crippen molar-refractivity contribution >= 4 is 35.9 Å². The summed E-state index contributed by atoms with van der Waals surface area (Å²) in [5, 5.41) is 1.77. The molecule has 0 saturated carbocycles. The number of anilines is 1. The van der Waals surface area contributed by atoms with E-state index in [4.69, 9.17) is 4.74 Å². The average Bonchev–Trinajstić information content (AvgIpc) is 2.81. The molecule has 0 spiro atoms. The van der Waals surface area contributed by atoms with Crippen LogP contribution in [0.25, 0.3) is 0 Å². The van der Waals surface area contributed by atoms with Gasteiger partial charge in [0.25, 0.3) is 5.91 Å². The van der Waals surface area contributed by atoms with Gasteiger partial charge >= 0.3 is 18.3 Å². The predicted octanol–water partition coefficient (Wildman–Crippen LogP) is 6.34. The summed E-state index contributed by atoms with van der Waals surface area (Å²) in [6.45, 7) is 1.77. The predicted molar refractivity (Wildman–Crippen MR) is 126 cm³/mol. The van der Waals surface area contributed by atoms with Crippen LogP contribution in [0.2, 0.25) is 0 Å². The van der Waals surface area contributed by atoms with E-state index in [0.717, 1.165) is 40.2 Å². The second-order valence-electron chi connectivity index (χ2n) is 7.46. The van der Waals surface area contributed by atoms with Crippen molar-refractivity contribution in [2.75, 3.05) is 11.4 Å². The van der Waals surface area contributed by atoms with Gasteiger partial charge in [-0.2, -0.15) is 13.2 Å². The molecule has 7 nitrogen and oxygen atoms in total. The van der Waals surface area contributed by atoms with Gasteiger partial charge in [0.2, 0.25) is 0 Å². The molecule has 3 rings (SSSR count). The Hall–Kier alpha value is -4.13. The van der Waals surface area contributed by atoms with E-state index in [2.05, 4.69) is 0 Å². The van der Waals surface area contributed by atoms with Gasteiger partial charge in [0, 0.05) is 7.05 Å². The first-order chi connectivity index (χ1) is 17.4. The van der Waals surface area contributed by atoms with E-state index < -0.39 is 47.0 Å². The molecule has 3 aromatic carbocycles. The Morgan fingerprint density at radius 1 is 0.919 bits per heavy atom. The first-order valence-electron chi connectivity index (χ1n) is 10.3. The number of nitrogens with one attached hydrogen (secondary N) is 1. The fraction of sp³-hybridized carbons (Fsp3) is 0.125. The Kier molecular flexibility index (Phi) is 8.38. The van der Waals surface area contributed by atoms with Crippen molar-refractivity contribution in [3.8, 4) is 5.75 Å². The van der Waals surface area contributed by atoms with Gasteiger partial charge in [-0.15, -0.1) is 0 Å². The third-order valence-electron chi connectivity index (χ3n) is 4.68. The molecule has 1 N–H and O–H groups in total. The number of alkyl halides is 3. The quantitative estimate of drug-likeness (QED) is 0.302. The summed E-state index contributed by atoms with van der Waals surface area (Å²) in [5.74, 6) is -3.73. The van der Waals surface area contributed by atoms with Crippen LogP contribution in [0.3, 0.4) is 0 Å². The van der Waals surface area contributed by atoms with E-state index in [0.29, 0.717) is 28.6 Å². The fourth-order valence-electron chi connectivity index (χ4n) is 2.91. The van der Waals surface area contributed by atoms with Crippen LogP contribution >= 0.6 is 12.1 Å². The number of halogens is 5. The first kappa shape index (κ1) is 27.5. The van der Waals surface area contributed by atoms with Gasteiger partial charge in [0.15, 0.2) is 0 Å². The highest BCUT2D eigenvalue weighted by Gasteiger charge is 2.31. The number of carbonyl (C=O) groups is 3. The topological polar surface area (TPSA) is 79.0 Å². The maximum atomic E-state index is 14.0. The molecule has 3 aromatic rings. The maximum Gasteiger partial charge on any atom is 0.426 e. The highest BCUT2D eigenvalue weighted by molar-refractivity contribution is 7.99. The smallest absolute Gasteiger partial charge is 0.410 e. The van der Waals surface area contributed by atoms with Crippen molar-refractivity contribution < 1.29 is 41.1 Å². The molecule has 0 radical (unpaired) electrons. The van der Waals surface area contributed by atoms with Crippen LogP contribution in [0.4, 0.5) is 37.2 Å². The van der Waals surface area contributed by atoms with Crippen molar-refractivity contribution in [2.45, 2.75) is 13.1 Å². The molecule has 0 aromatic heterocycles. The fourth-order valence-corrected chi connectivity index (χ4v) is 3.60. The van der Waals surface area contributed by atoms with E-state index in [9.17, 15) is 36.3 Å². The number of carbonyl (C=O) groups excluding carboxylic acids is 3. The summed E-state index contributed by atoms with van der Waals surface area (Å²) in [7, 11) is 1.20. The van der Waals surface area contributed by atoms with Crippen molar-refractivity contribution in [3.63, 3.8) is 0 Å². The lowest BCUT2D eigenvalue weighted by atomic mass is 10.2. The highest BCUT2D eigenvalue weighted by Crippen LogP contribution is 2.32. The summed E-state index contributed by atoms with van der Waals surface area (Å²) < 4.78 is 73.6. The minimum Gasteiger partial charge on any atom is -0.410 e. The van der Waals surface area contributed by atoms with Crippen LogP contribution < -0.4 is 14.4 Å². The van der Waals surface area contributed by atoms with Gasteiger partial charge in [-0.3, -0.25) is 10.1 Å². The summed E-state index contributed by atoms with van der Waals surface area (Å²) in [6, 6.07) is 11.0. The molecule has 4 amide bonds. The number of nitrogens with zero attached hydrogens (tertiary/aromatic N) is 2. The molecular weight excluding hydrogens is 521 g/mol. The number of hydrogen-bond acceptors (Lipinski definition) is 5. The van der Waals surface area contributed by atoms with Crippen LogP contribution in [-0.4, -0.2) is 29.4 Å². The molecule has 37 heavy (non-hydrogen) atoms. The zero-order chi connectivity index (χ0) is 27.3. The molecule has 0 aliphatic carbocycles. The van der Waals surface area contributed by atoms with Crippen molar-refractivity contribution in [3.05, 3.63) is 95.1 Å². The first-order valence-corrected chi connectivity index (χ1v) is 11.1. The lowest BCUT2D eigenvalue weighted by Gasteiger charge is -2.25. The van der Waals surface area contributed by atoms with Crippen molar-refractivity contribution in [1.82, 2.24) is 9.62 Å². The molecule has 0 atom stereocenters. The normalized spacial score (nSPS) is 11.0. The summed E-state index contributed by atoms with van der Waals surface area (Å²) >= 11 is 0.355. The van der Waals surface area contributed by atoms with E-state index in [1.165, 1.54) is 13.1 Å². The lowest BCUT2D eigenvalue weighted by Crippen LogP contribution is -2.42. The highest BCUT2D eigenvalue weighted by atomic mass is 32.2. The number of rotatable bonds is 5. The number of amides is 4. The zero-order valence-corrected chi connectivity index (χ0v) is 20.0. The number of urea groups is 1. The molecule has 13 heteroatoms. The van der Waals surface area contributed by atoms with Gasteiger partial charge in [-0.05, 0) is 61.0 Å². The third-order valence-corrected chi connectivity index (χ3v) is 5.61. The number of benzene rings is 3. The number of imide groups is 1. The summed E-state index contributed by atoms with van der Waals surface area (Å²) in [5.41, 5.74) is -1.45.